The Morgan fingerprint density at radius 3 is 2.64 bits per heavy atom. The molecule has 0 saturated heterocycles. The zero-order valence-electron chi connectivity index (χ0n) is 15.6. The van der Waals surface area contributed by atoms with Crippen LogP contribution in [0.4, 0.5) is 0 Å². The molecule has 0 unspecified atom stereocenters. The summed E-state index contributed by atoms with van der Waals surface area (Å²) in [4.78, 5) is 23.8. The van der Waals surface area contributed by atoms with Crippen LogP contribution in [-0.4, -0.2) is 32.4 Å². The Kier molecular flexibility index (Phi) is 6.16. The minimum absolute atomic E-state index is 0.194. The molecule has 7 nitrogen and oxygen atoms in total. The van der Waals surface area contributed by atoms with Crippen LogP contribution in [0.25, 0.3) is 6.08 Å². The van der Waals surface area contributed by atoms with Crippen LogP contribution in [-0.2, 0) is 14.3 Å². The first-order valence-corrected chi connectivity index (χ1v) is 8.73. The van der Waals surface area contributed by atoms with E-state index in [2.05, 4.69) is 5.32 Å². The third-order valence-electron chi connectivity index (χ3n) is 4.15. The van der Waals surface area contributed by atoms with Crippen molar-refractivity contribution in [1.29, 1.82) is 0 Å². The summed E-state index contributed by atoms with van der Waals surface area (Å²) in [5, 5.41) is 2.78. The normalized spacial score (nSPS) is 13.2. The van der Waals surface area contributed by atoms with Crippen LogP contribution >= 0.6 is 0 Å². The molecule has 1 aliphatic heterocycles. The number of fused-ring (bicyclic) bond motifs is 1. The fraction of sp³-hybridized carbons (Fsp3) is 0.238. The molecule has 0 fully saturated rings. The predicted octanol–water partition coefficient (Wildman–Crippen LogP) is 2.86. The van der Waals surface area contributed by atoms with Crippen LogP contribution in [0, 0.1) is 0 Å². The van der Waals surface area contributed by atoms with Crippen LogP contribution in [0.1, 0.15) is 24.1 Å². The second-order valence-corrected chi connectivity index (χ2v) is 6.12. The van der Waals surface area contributed by atoms with Gasteiger partial charge < -0.3 is 24.3 Å². The van der Waals surface area contributed by atoms with Gasteiger partial charge in [0.1, 0.15) is 5.75 Å². The van der Waals surface area contributed by atoms with Crippen LogP contribution in [0.15, 0.2) is 48.5 Å². The Labute approximate surface area is 162 Å². The van der Waals surface area contributed by atoms with Gasteiger partial charge in [-0.2, -0.15) is 0 Å². The van der Waals surface area contributed by atoms with Gasteiger partial charge in [-0.1, -0.05) is 18.2 Å². The Morgan fingerprint density at radius 1 is 1.14 bits per heavy atom. The average molecular weight is 383 g/mol. The van der Waals surface area contributed by atoms with Crippen molar-refractivity contribution >= 4 is 18.0 Å². The standard InChI is InChI=1S/C21H21NO6/c1-14(16-6-9-18-19(11-16)28-13-27-18)22-20(23)12-26-21(24)10-5-15-3-7-17(25-2)8-4-15/h3-11,14H,12-13H2,1-2H3,(H,22,23)/b10-5+/t14-/m1/s1. The maximum absolute atomic E-state index is 12.0. The van der Waals surface area contributed by atoms with E-state index >= 15 is 0 Å². The van der Waals surface area contributed by atoms with Crippen molar-refractivity contribution < 1.29 is 28.5 Å². The highest BCUT2D eigenvalue weighted by molar-refractivity contribution is 5.89. The molecular formula is C21H21NO6. The molecule has 0 saturated carbocycles. The van der Waals surface area contributed by atoms with Crippen molar-refractivity contribution in [3.63, 3.8) is 0 Å². The molecule has 3 rings (SSSR count). The van der Waals surface area contributed by atoms with Gasteiger partial charge in [0.15, 0.2) is 18.1 Å². The molecule has 2 aromatic carbocycles. The van der Waals surface area contributed by atoms with E-state index in [9.17, 15) is 9.59 Å². The number of nitrogens with one attached hydrogen (secondary N) is 1. The number of amides is 1. The Hall–Kier alpha value is -3.48. The summed E-state index contributed by atoms with van der Waals surface area (Å²) < 4.78 is 20.6. The van der Waals surface area contributed by atoms with E-state index in [0.29, 0.717) is 11.5 Å². The highest BCUT2D eigenvalue weighted by Gasteiger charge is 2.17. The maximum atomic E-state index is 12.0. The molecule has 1 N–H and O–H groups in total. The molecule has 0 bridgehead atoms. The topological polar surface area (TPSA) is 83.1 Å². The number of rotatable bonds is 7. The fourth-order valence-electron chi connectivity index (χ4n) is 2.61. The summed E-state index contributed by atoms with van der Waals surface area (Å²) in [6, 6.07) is 12.4. The Morgan fingerprint density at radius 2 is 1.89 bits per heavy atom. The third-order valence-corrected chi connectivity index (χ3v) is 4.15. The Balaban J connectivity index is 1.45. The lowest BCUT2D eigenvalue weighted by Crippen LogP contribution is -2.30. The number of methoxy groups -OCH3 is 1. The minimum atomic E-state index is -0.596. The predicted molar refractivity (Wildman–Crippen MR) is 102 cm³/mol. The van der Waals surface area contributed by atoms with E-state index < -0.39 is 11.9 Å². The van der Waals surface area contributed by atoms with Gasteiger partial charge in [-0.15, -0.1) is 0 Å². The van der Waals surface area contributed by atoms with Crippen molar-refractivity contribution in [3.8, 4) is 17.2 Å². The molecule has 0 aliphatic carbocycles. The molecule has 0 radical (unpaired) electrons. The maximum Gasteiger partial charge on any atom is 0.331 e. The summed E-state index contributed by atoms with van der Waals surface area (Å²) in [6.45, 7) is 1.67. The van der Waals surface area contributed by atoms with Gasteiger partial charge in [0.05, 0.1) is 13.2 Å². The van der Waals surface area contributed by atoms with E-state index in [1.54, 1.807) is 31.4 Å². The van der Waals surface area contributed by atoms with Crippen LogP contribution in [0.3, 0.4) is 0 Å². The molecule has 7 heteroatoms. The molecule has 2 aromatic rings. The second-order valence-electron chi connectivity index (χ2n) is 6.12. The summed E-state index contributed by atoms with van der Waals surface area (Å²) in [5.41, 5.74) is 1.68. The van der Waals surface area contributed by atoms with E-state index in [-0.39, 0.29) is 19.4 Å². The fourth-order valence-corrected chi connectivity index (χ4v) is 2.61. The van der Waals surface area contributed by atoms with Crippen molar-refractivity contribution in [2.45, 2.75) is 13.0 Å². The Bertz CT molecular complexity index is 875. The van der Waals surface area contributed by atoms with Gasteiger partial charge in [-0.3, -0.25) is 4.79 Å². The van der Waals surface area contributed by atoms with Crippen LogP contribution < -0.4 is 19.5 Å². The van der Waals surface area contributed by atoms with Crippen LogP contribution in [0.5, 0.6) is 17.2 Å². The first kappa shape index (κ1) is 19.3. The molecule has 1 amide bonds. The van der Waals surface area contributed by atoms with Crippen molar-refractivity contribution in [2.75, 3.05) is 20.5 Å². The first-order valence-electron chi connectivity index (χ1n) is 8.73. The lowest BCUT2D eigenvalue weighted by atomic mass is 10.1. The lowest BCUT2D eigenvalue weighted by Gasteiger charge is -2.14. The summed E-state index contributed by atoms with van der Waals surface area (Å²) in [7, 11) is 1.58. The highest BCUT2D eigenvalue weighted by atomic mass is 16.7. The lowest BCUT2D eigenvalue weighted by molar-refractivity contribution is -0.144. The second kappa shape index (κ2) is 8.94. The monoisotopic (exact) mass is 383 g/mol. The number of carbonyl (C=O) groups is 2. The molecule has 0 spiro atoms. The molecule has 0 aromatic heterocycles. The van der Waals surface area contributed by atoms with Gasteiger partial charge in [0.25, 0.3) is 5.91 Å². The van der Waals surface area contributed by atoms with E-state index in [0.717, 1.165) is 16.9 Å². The number of benzene rings is 2. The summed E-state index contributed by atoms with van der Waals surface area (Å²) in [5.74, 6) is 1.07. The van der Waals surface area contributed by atoms with E-state index in [1.165, 1.54) is 6.08 Å². The molecule has 1 aliphatic rings. The third kappa shape index (κ3) is 5.03. The molecule has 1 heterocycles. The molecule has 28 heavy (non-hydrogen) atoms. The molecule has 1 atom stereocenters. The van der Waals surface area contributed by atoms with Crippen LogP contribution in [0.2, 0.25) is 0 Å². The number of ether oxygens (including phenoxy) is 4. The average Bonchev–Trinajstić information content (AvgIpc) is 3.19. The molecule has 146 valence electrons. The van der Waals surface area contributed by atoms with E-state index in [4.69, 9.17) is 18.9 Å². The SMILES string of the molecule is COc1ccc(/C=C/C(=O)OCC(=O)N[C@H](C)c2ccc3c(c2)OCO3)cc1. The largest absolute Gasteiger partial charge is 0.497 e. The zero-order chi connectivity index (χ0) is 19.9. The number of hydrogen-bond donors (Lipinski definition) is 1. The van der Waals surface area contributed by atoms with Gasteiger partial charge in [0.2, 0.25) is 6.79 Å². The smallest absolute Gasteiger partial charge is 0.331 e. The van der Waals surface area contributed by atoms with Crippen molar-refractivity contribution in [3.05, 3.63) is 59.7 Å². The van der Waals surface area contributed by atoms with Gasteiger partial charge in [-0.25, -0.2) is 4.79 Å². The van der Waals surface area contributed by atoms with E-state index in [1.807, 2.05) is 31.2 Å². The quantitative estimate of drug-likeness (QED) is 0.585. The number of hydrogen-bond acceptors (Lipinski definition) is 6. The van der Waals surface area contributed by atoms with Gasteiger partial charge >= 0.3 is 5.97 Å². The summed E-state index contributed by atoms with van der Waals surface area (Å²) in [6.07, 6.45) is 2.88. The van der Waals surface area contributed by atoms with Crippen molar-refractivity contribution in [2.24, 2.45) is 0 Å². The number of esters is 1. The zero-order valence-corrected chi connectivity index (χ0v) is 15.6. The van der Waals surface area contributed by atoms with Gasteiger partial charge in [0, 0.05) is 6.08 Å². The number of carbonyl (C=O) groups excluding carboxylic acids is 2. The first-order chi connectivity index (χ1) is 13.5. The van der Waals surface area contributed by atoms with Crippen molar-refractivity contribution in [1.82, 2.24) is 5.32 Å². The molecular weight excluding hydrogens is 362 g/mol. The van der Waals surface area contributed by atoms with Gasteiger partial charge in [-0.05, 0) is 48.4 Å². The highest BCUT2D eigenvalue weighted by Crippen LogP contribution is 2.34. The minimum Gasteiger partial charge on any atom is -0.497 e. The summed E-state index contributed by atoms with van der Waals surface area (Å²) >= 11 is 0.